The summed E-state index contributed by atoms with van der Waals surface area (Å²) in [5.41, 5.74) is 14.0. The van der Waals surface area contributed by atoms with Gasteiger partial charge in [0.05, 0.1) is 91.6 Å². The number of hydrogen-bond acceptors (Lipinski definition) is 9. The minimum absolute atomic E-state index is 0.0601. The Bertz CT molecular complexity index is 5440. The maximum Gasteiger partial charge on any atom is 0.350 e. The van der Waals surface area contributed by atoms with Crippen LogP contribution in [0.15, 0.2) is 229 Å². The van der Waals surface area contributed by atoms with Gasteiger partial charge < -0.3 is 32.8 Å². The van der Waals surface area contributed by atoms with Crippen LogP contribution in [-0.4, -0.2) is 49.5 Å². The van der Waals surface area contributed by atoms with Gasteiger partial charge in [-0.1, -0.05) is 153 Å². The molecule has 0 spiro atoms. The Balaban J connectivity index is 0.000000105. The first-order valence-electron chi connectivity index (χ1n) is 28.9. The smallest absolute Gasteiger partial charge is 0.350 e. The minimum Gasteiger partial charge on any atom is -0.465 e. The third kappa shape index (κ3) is 10.1. The average molecular weight is 1450 g/mol. The summed E-state index contributed by atoms with van der Waals surface area (Å²) in [4.78, 5) is 27.8. The van der Waals surface area contributed by atoms with Gasteiger partial charge in [-0.2, -0.15) is 0 Å². The standard InChI is InChI=1S/C19H16BrNOS.C19H14BrNS.C18H12BrNO2S.C18H13NO2S/c1-19(2,22)18-17(9-10-23-18)21-15-6-4-3-5-13(15)14-11-12(20)7-8-16(14)21;1-19(2)14-5-3-4-12-13-10-11(20)6-7-15(13)21(17(12)14)16-8-9-22-18(16)19;1-22-18(21)17-16(8-9-23-17)20-14-5-3-2-4-12(14)13-10-11(19)6-7-15(13)20;1-21-18(20)17-16(10-11-22-17)19-14-8-4-2-6-12(14)13-7-3-5-9-15(13)19/h3-11,22H,1-2H3;3-10H,1-2H3;2-10H,1H3;2-11H,1H3. The molecule has 1 N–H and O–H groups in total. The van der Waals surface area contributed by atoms with E-state index in [1.807, 2.05) is 95.9 Å². The van der Waals surface area contributed by atoms with Crippen molar-refractivity contribution < 1.29 is 24.2 Å². The normalized spacial score (nSPS) is 12.5. The molecule has 9 nitrogen and oxygen atoms in total. The van der Waals surface area contributed by atoms with Crippen LogP contribution in [0.5, 0.6) is 0 Å². The van der Waals surface area contributed by atoms with Crippen LogP contribution in [0.1, 0.15) is 62.4 Å². The summed E-state index contributed by atoms with van der Waals surface area (Å²) in [7, 11) is 2.83. The van der Waals surface area contributed by atoms with Crippen molar-refractivity contribution in [3.63, 3.8) is 0 Å². The maximum absolute atomic E-state index is 12.1. The number of ether oxygens (including phenoxy) is 2. The minimum atomic E-state index is -0.865. The van der Waals surface area contributed by atoms with Gasteiger partial charge in [0.15, 0.2) is 0 Å². The molecule has 0 radical (unpaired) electrons. The monoisotopic (exact) mass is 1440 g/mol. The van der Waals surface area contributed by atoms with Gasteiger partial charge in [-0.05, 0) is 144 Å². The average Bonchev–Trinajstić information content (AvgIpc) is 1.53. The molecule has 1 aliphatic rings. The number of fused-ring (bicyclic) bond motifs is 14. The SMILES string of the molecule is CC(C)(O)c1sccc1-n1c2ccccc2c2cc(Br)ccc21.CC1(C)c2sccc2-n2c3ccc(Br)cc3c3cccc1c32.COC(=O)c1sccc1-n1c2ccccc2c2cc(Br)ccc21.COC(=O)c1sccc1-n1c2ccccc2c2ccccc21. The predicted molar refractivity (Wildman–Crippen MR) is 388 cm³/mol. The largest absolute Gasteiger partial charge is 0.465 e. The number of benzene rings is 8. The van der Waals surface area contributed by atoms with Crippen molar-refractivity contribution in [1.29, 1.82) is 0 Å². The molecule has 0 amide bonds. The van der Waals surface area contributed by atoms with E-state index in [9.17, 15) is 14.7 Å². The Morgan fingerprint density at radius 1 is 0.411 bits per heavy atom. The fraction of sp³-hybridized carbons (Fsp3) is 0.108. The summed E-state index contributed by atoms with van der Waals surface area (Å²) in [5.74, 6) is -0.607. The van der Waals surface area contributed by atoms with Crippen molar-refractivity contribution in [2.24, 2.45) is 0 Å². The molecule has 0 saturated heterocycles. The molecule has 8 aromatic heterocycles. The lowest BCUT2D eigenvalue weighted by Crippen LogP contribution is -2.24. The predicted octanol–water partition coefficient (Wildman–Crippen LogP) is 22.1. The summed E-state index contributed by atoms with van der Waals surface area (Å²) in [6, 6.07) is 67.3. The highest BCUT2D eigenvalue weighted by molar-refractivity contribution is 9.11. The van der Waals surface area contributed by atoms with E-state index in [0.717, 1.165) is 79.2 Å². The molecule has 446 valence electrons. The quantitative estimate of drug-likeness (QED) is 0.167. The third-order valence-corrected chi connectivity index (χ3v) is 22.4. The van der Waals surface area contributed by atoms with Crippen molar-refractivity contribution in [1.82, 2.24) is 18.3 Å². The van der Waals surface area contributed by atoms with Gasteiger partial charge in [-0.3, -0.25) is 0 Å². The van der Waals surface area contributed by atoms with Gasteiger partial charge in [0, 0.05) is 66.8 Å². The number of hydrogen-bond donors (Lipinski definition) is 1. The number of carbonyl (C=O) groups excluding carboxylic acids is 2. The molecule has 9 heterocycles. The summed E-state index contributed by atoms with van der Waals surface area (Å²) in [5, 5.41) is 28.4. The number of aromatic nitrogens is 4. The van der Waals surface area contributed by atoms with E-state index >= 15 is 0 Å². The molecule has 1 aliphatic heterocycles. The number of aliphatic hydroxyl groups is 1. The van der Waals surface area contributed by atoms with Crippen molar-refractivity contribution in [2.45, 2.75) is 38.7 Å². The molecule has 16 heteroatoms. The van der Waals surface area contributed by atoms with Crippen LogP contribution in [0.3, 0.4) is 0 Å². The van der Waals surface area contributed by atoms with Crippen molar-refractivity contribution >= 4 is 192 Å². The van der Waals surface area contributed by atoms with E-state index in [-0.39, 0.29) is 17.4 Å². The highest BCUT2D eigenvalue weighted by Gasteiger charge is 2.36. The van der Waals surface area contributed by atoms with Gasteiger partial charge in [-0.15, -0.1) is 45.3 Å². The highest BCUT2D eigenvalue weighted by Crippen LogP contribution is 2.50. The zero-order chi connectivity index (χ0) is 62.3. The maximum atomic E-state index is 12.1. The molecule has 90 heavy (non-hydrogen) atoms. The number of halogens is 3. The summed E-state index contributed by atoms with van der Waals surface area (Å²) < 4.78 is 22.0. The lowest BCUT2D eigenvalue weighted by Gasteiger charge is -2.32. The van der Waals surface area contributed by atoms with Crippen molar-refractivity contribution in [3.8, 4) is 22.7 Å². The van der Waals surface area contributed by atoms with Crippen LogP contribution < -0.4 is 0 Å². The zero-order valence-corrected chi connectivity index (χ0v) is 57.4. The van der Waals surface area contributed by atoms with E-state index in [2.05, 4.69) is 225 Å². The number of esters is 2. The number of carbonyl (C=O) groups is 2. The number of rotatable bonds is 6. The summed E-state index contributed by atoms with van der Waals surface area (Å²) in [6.45, 7) is 8.36. The molecule has 0 saturated carbocycles. The fourth-order valence-corrected chi connectivity index (χ4v) is 17.4. The van der Waals surface area contributed by atoms with Crippen LogP contribution in [0.4, 0.5) is 0 Å². The molecule has 0 unspecified atom stereocenters. The van der Waals surface area contributed by atoms with E-state index in [0.29, 0.717) is 9.75 Å². The van der Waals surface area contributed by atoms with Crippen LogP contribution >= 0.6 is 93.1 Å². The Kier molecular flexibility index (Phi) is 15.7. The third-order valence-electron chi connectivity index (χ3n) is 16.7. The molecular weight excluding hydrogens is 1390 g/mol. The Morgan fingerprint density at radius 2 is 0.767 bits per heavy atom. The molecule has 0 bridgehead atoms. The molecule has 8 aromatic carbocycles. The summed E-state index contributed by atoms with van der Waals surface area (Å²) in [6.07, 6.45) is 0. The molecule has 0 aliphatic carbocycles. The second kappa shape index (κ2) is 23.7. The van der Waals surface area contributed by atoms with Gasteiger partial charge >= 0.3 is 11.9 Å². The lowest BCUT2D eigenvalue weighted by molar-refractivity contribution is 0.0597. The molecular formula is C74H55Br3N4O5S4. The Morgan fingerprint density at radius 3 is 1.22 bits per heavy atom. The van der Waals surface area contributed by atoms with Crippen LogP contribution in [0, 0.1) is 0 Å². The summed E-state index contributed by atoms with van der Waals surface area (Å²) >= 11 is 17.0. The van der Waals surface area contributed by atoms with Gasteiger partial charge in [0.25, 0.3) is 0 Å². The van der Waals surface area contributed by atoms with Crippen molar-refractivity contribution in [2.75, 3.05) is 14.2 Å². The van der Waals surface area contributed by atoms with Crippen LogP contribution in [0.25, 0.3) is 110 Å². The lowest BCUT2D eigenvalue weighted by atomic mass is 9.79. The van der Waals surface area contributed by atoms with Crippen LogP contribution in [-0.2, 0) is 20.5 Å². The number of thiophene rings is 4. The number of methoxy groups -OCH3 is 2. The van der Waals surface area contributed by atoms with Gasteiger partial charge in [0.2, 0.25) is 0 Å². The van der Waals surface area contributed by atoms with E-state index in [1.54, 1.807) is 11.3 Å². The Labute approximate surface area is 559 Å². The first-order chi connectivity index (χ1) is 43.6. The van der Waals surface area contributed by atoms with Crippen molar-refractivity contribution in [3.05, 3.63) is 254 Å². The fourth-order valence-electron chi connectivity index (χ4n) is 12.8. The second-order valence-electron chi connectivity index (χ2n) is 22.8. The first kappa shape index (κ1) is 59.7. The highest BCUT2D eigenvalue weighted by atomic mass is 79.9. The molecule has 17 rings (SSSR count). The molecule has 16 aromatic rings. The molecule has 0 fully saturated rings. The van der Waals surface area contributed by atoms with E-state index in [1.165, 1.54) is 96.4 Å². The van der Waals surface area contributed by atoms with Crippen LogP contribution in [0.2, 0.25) is 0 Å². The number of para-hydroxylation sites is 5. The number of nitrogens with zero attached hydrogens (tertiary/aromatic N) is 4. The van der Waals surface area contributed by atoms with Gasteiger partial charge in [0.1, 0.15) is 9.75 Å². The topological polar surface area (TPSA) is 92.6 Å². The molecule has 0 atom stereocenters. The Hall–Kier alpha value is -7.90. The first-order valence-corrected chi connectivity index (χ1v) is 34.8. The zero-order valence-electron chi connectivity index (χ0n) is 49.4. The van der Waals surface area contributed by atoms with E-state index in [4.69, 9.17) is 9.47 Å². The van der Waals surface area contributed by atoms with E-state index < -0.39 is 5.60 Å². The van der Waals surface area contributed by atoms with Gasteiger partial charge in [-0.25, -0.2) is 9.59 Å². The second-order valence-corrected chi connectivity index (χ2v) is 29.2.